The Morgan fingerprint density at radius 3 is 2.87 bits per heavy atom. The molecular weight excluding hydrogens is 299 g/mol. The molecule has 1 amide bonds. The van der Waals surface area contributed by atoms with E-state index in [0.29, 0.717) is 17.1 Å². The van der Waals surface area contributed by atoms with Crippen LogP contribution in [0.15, 0.2) is 46.6 Å². The van der Waals surface area contributed by atoms with Gasteiger partial charge in [-0.3, -0.25) is 4.79 Å². The van der Waals surface area contributed by atoms with Gasteiger partial charge in [0.2, 0.25) is 0 Å². The third kappa shape index (κ3) is 3.98. The van der Waals surface area contributed by atoms with Crippen molar-refractivity contribution in [2.24, 2.45) is 0 Å². The molecule has 0 radical (unpaired) electrons. The van der Waals surface area contributed by atoms with Gasteiger partial charge in [-0.25, -0.2) is 4.39 Å². The molecule has 2 aromatic rings. The van der Waals surface area contributed by atoms with Crippen LogP contribution in [0.1, 0.15) is 24.3 Å². The van der Waals surface area contributed by atoms with Gasteiger partial charge < -0.3 is 14.5 Å². The van der Waals surface area contributed by atoms with Crippen molar-refractivity contribution >= 4 is 12.0 Å². The molecule has 1 aromatic carbocycles. The number of carbonyl (C=O) groups excluding carboxylic acids is 1. The number of rotatable bonds is 5. The quantitative estimate of drug-likeness (QED) is 0.679. The Morgan fingerprint density at radius 1 is 1.48 bits per heavy atom. The van der Waals surface area contributed by atoms with E-state index in [2.05, 4.69) is 5.32 Å². The van der Waals surface area contributed by atoms with Crippen LogP contribution >= 0.6 is 0 Å². The van der Waals surface area contributed by atoms with Gasteiger partial charge in [-0.15, -0.1) is 0 Å². The zero-order chi connectivity index (χ0) is 16.8. The normalized spacial score (nSPS) is 12.3. The molecule has 0 fully saturated rings. The van der Waals surface area contributed by atoms with E-state index in [1.54, 1.807) is 19.1 Å². The number of halogens is 1. The molecule has 1 heterocycles. The van der Waals surface area contributed by atoms with E-state index in [1.807, 2.05) is 6.07 Å². The fourth-order valence-electron chi connectivity index (χ4n) is 2.06. The van der Waals surface area contributed by atoms with Crippen LogP contribution in [0, 0.1) is 17.1 Å². The first-order valence-electron chi connectivity index (χ1n) is 6.84. The minimum absolute atomic E-state index is 0.109. The van der Waals surface area contributed by atoms with Gasteiger partial charge in [0.15, 0.2) is 0 Å². The van der Waals surface area contributed by atoms with Crippen molar-refractivity contribution in [1.29, 1.82) is 5.26 Å². The van der Waals surface area contributed by atoms with Crippen LogP contribution < -0.4 is 10.1 Å². The van der Waals surface area contributed by atoms with Crippen molar-refractivity contribution in [3.63, 3.8) is 0 Å². The molecule has 5 nitrogen and oxygen atoms in total. The van der Waals surface area contributed by atoms with Crippen LogP contribution in [0.4, 0.5) is 4.39 Å². The maximum atomic E-state index is 13.4. The molecule has 0 aliphatic carbocycles. The van der Waals surface area contributed by atoms with Crippen LogP contribution in [-0.2, 0) is 4.79 Å². The van der Waals surface area contributed by atoms with E-state index in [4.69, 9.17) is 14.4 Å². The molecule has 0 spiro atoms. The standard InChI is InChI=1S/C17H15FN2O3/c1-11(15-9-13(18)5-6-16(15)22-2)20-17(21)12(10-19)8-14-4-3-7-23-14/h3-9,11H,1-2H3,(H,20,21)/b12-8-/t11-/m1/s1. The second-order valence-electron chi connectivity index (χ2n) is 4.77. The number of nitrogens with zero attached hydrogens (tertiary/aromatic N) is 1. The first-order chi connectivity index (χ1) is 11.0. The molecule has 118 valence electrons. The Hall–Kier alpha value is -3.07. The number of nitrogens with one attached hydrogen (secondary N) is 1. The maximum Gasteiger partial charge on any atom is 0.262 e. The molecule has 1 atom stereocenters. The van der Waals surface area contributed by atoms with E-state index in [9.17, 15) is 9.18 Å². The third-order valence-electron chi connectivity index (χ3n) is 3.20. The number of methoxy groups -OCH3 is 1. The summed E-state index contributed by atoms with van der Waals surface area (Å²) in [6, 6.07) is 8.60. The van der Waals surface area contributed by atoms with Crippen LogP contribution in [0.3, 0.4) is 0 Å². The van der Waals surface area contributed by atoms with Crippen LogP contribution in [0.5, 0.6) is 5.75 Å². The molecule has 23 heavy (non-hydrogen) atoms. The smallest absolute Gasteiger partial charge is 0.262 e. The van der Waals surface area contributed by atoms with Gasteiger partial charge in [0.1, 0.15) is 29.0 Å². The Balaban J connectivity index is 2.19. The number of nitriles is 1. The van der Waals surface area contributed by atoms with Crippen molar-refractivity contribution in [2.75, 3.05) is 7.11 Å². The van der Waals surface area contributed by atoms with Gasteiger partial charge in [0, 0.05) is 11.6 Å². The molecule has 1 aromatic heterocycles. The van der Waals surface area contributed by atoms with Gasteiger partial charge in [0.05, 0.1) is 19.4 Å². The molecule has 0 aliphatic heterocycles. The Bertz CT molecular complexity index is 761. The lowest BCUT2D eigenvalue weighted by atomic mass is 10.1. The van der Waals surface area contributed by atoms with E-state index in [0.717, 1.165) is 0 Å². The van der Waals surface area contributed by atoms with Gasteiger partial charge >= 0.3 is 0 Å². The lowest BCUT2D eigenvalue weighted by Crippen LogP contribution is -2.28. The largest absolute Gasteiger partial charge is 0.496 e. The lowest BCUT2D eigenvalue weighted by Gasteiger charge is -2.17. The number of carbonyl (C=O) groups is 1. The maximum absolute atomic E-state index is 13.4. The summed E-state index contributed by atoms with van der Waals surface area (Å²) in [6.45, 7) is 1.68. The topological polar surface area (TPSA) is 75.3 Å². The average molecular weight is 314 g/mol. The highest BCUT2D eigenvalue weighted by atomic mass is 19.1. The van der Waals surface area contributed by atoms with Crippen molar-refractivity contribution in [2.45, 2.75) is 13.0 Å². The van der Waals surface area contributed by atoms with E-state index < -0.39 is 17.8 Å². The third-order valence-corrected chi connectivity index (χ3v) is 3.20. The molecule has 0 bridgehead atoms. The predicted octanol–water partition coefficient (Wildman–Crippen LogP) is 3.21. The van der Waals surface area contributed by atoms with Crippen LogP contribution in [-0.4, -0.2) is 13.0 Å². The summed E-state index contributed by atoms with van der Waals surface area (Å²) < 4.78 is 23.7. The van der Waals surface area contributed by atoms with Crippen molar-refractivity contribution < 1.29 is 18.3 Å². The molecule has 6 heteroatoms. The summed E-state index contributed by atoms with van der Waals surface area (Å²) in [5, 5.41) is 11.8. The molecule has 0 aliphatic rings. The fourth-order valence-corrected chi connectivity index (χ4v) is 2.06. The predicted molar refractivity (Wildman–Crippen MR) is 81.8 cm³/mol. The van der Waals surface area contributed by atoms with Crippen LogP contribution in [0.2, 0.25) is 0 Å². The Labute approximate surface area is 133 Å². The van der Waals surface area contributed by atoms with Crippen molar-refractivity contribution in [1.82, 2.24) is 5.32 Å². The first kappa shape index (κ1) is 16.3. The first-order valence-corrected chi connectivity index (χ1v) is 6.84. The second kappa shape index (κ2) is 7.27. The Morgan fingerprint density at radius 2 is 2.26 bits per heavy atom. The number of ether oxygens (including phenoxy) is 1. The molecular formula is C17H15FN2O3. The lowest BCUT2D eigenvalue weighted by molar-refractivity contribution is -0.117. The number of amides is 1. The summed E-state index contributed by atoms with van der Waals surface area (Å²) in [5.41, 5.74) is 0.373. The van der Waals surface area contributed by atoms with E-state index >= 15 is 0 Å². The van der Waals surface area contributed by atoms with Gasteiger partial charge in [-0.05, 0) is 37.3 Å². The molecule has 0 unspecified atom stereocenters. The second-order valence-corrected chi connectivity index (χ2v) is 4.77. The molecule has 0 saturated carbocycles. The number of hydrogen-bond acceptors (Lipinski definition) is 4. The Kier molecular flexibility index (Phi) is 5.15. The highest BCUT2D eigenvalue weighted by Crippen LogP contribution is 2.26. The summed E-state index contributed by atoms with van der Waals surface area (Å²) in [4.78, 5) is 12.2. The zero-order valence-electron chi connectivity index (χ0n) is 12.7. The molecule has 0 saturated heterocycles. The van der Waals surface area contributed by atoms with Gasteiger partial charge in [-0.1, -0.05) is 0 Å². The zero-order valence-corrected chi connectivity index (χ0v) is 12.7. The SMILES string of the molecule is COc1ccc(F)cc1[C@@H](C)NC(=O)/C(C#N)=C\c1ccco1. The monoisotopic (exact) mass is 314 g/mol. The minimum Gasteiger partial charge on any atom is -0.496 e. The van der Waals surface area contributed by atoms with E-state index in [-0.39, 0.29) is 5.57 Å². The number of furan rings is 1. The average Bonchev–Trinajstić information content (AvgIpc) is 3.05. The summed E-state index contributed by atoms with van der Waals surface area (Å²) in [6.07, 6.45) is 2.78. The number of hydrogen-bond donors (Lipinski definition) is 1. The summed E-state index contributed by atoms with van der Waals surface area (Å²) in [5.74, 6) is -0.170. The van der Waals surface area contributed by atoms with Gasteiger partial charge in [0.25, 0.3) is 5.91 Å². The van der Waals surface area contributed by atoms with Crippen molar-refractivity contribution in [3.05, 3.63) is 59.3 Å². The van der Waals surface area contributed by atoms with Gasteiger partial charge in [-0.2, -0.15) is 5.26 Å². The summed E-state index contributed by atoms with van der Waals surface area (Å²) >= 11 is 0. The highest BCUT2D eigenvalue weighted by molar-refractivity contribution is 6.01. The number of benzene rings is 1. The molecule has 2 rings (SSSR count). The van der Waals surface area contributed by atoms with E-state index in [1.165, 1.54) is 37.6 Å². The highest BCUT2D eigenvalue weighted by Gasteiger charge is 2.17. The van der Waals surface area contributed by atoms with Crippen LogP contribution in [0.25, 0.3) is 6.08 Å². The van der Waals surface area contributed by atoms with Crippen molar-refractivity contribution in [3.8, 4) is 11.8 Å². The minimum atomic E-state index is -0.581. The fraction of sp³-hybridized carbons (Fsp3) is 0.176. The summed E-state index contributed by atoms with van der Waals surface area (Å²) in [7, 11) is 1.46. The molecule has 1 N–H and O–H groups in total.